The molecule has 0 aromatic carbocycles. The van der Waals surface area contributed by atoms with E-state index in [1.54, 1.807) is 6.26 Å². The van der Waals surface area contributed by atoms with Gasteiger partial charge in [0.1, 0.15) is 5.76 Å². The van der Waals surface area contributed by atoms with Gasteiger partial charge in [-0.15, -0.1) is 0 Å². The van der Waals surface area contributed by atoms with Gasteiger partial charge in [-0.3, -0.25) is 0 Å². The second-order valence-corrected chi connectivity index (χ2v) is 7.97. The standard InChI is InChI=1S/C19H33NO2/c1-16(2)7-8-19(10-13-22-18(3,4)15-19)9-11-20-14-17-6-5-12-21-17/h5-6,12,16,20H,7-11,13-15H2,1-4H3/t19-/m1/s1. The lowest BCUT2D eigenvalue weighted by Crippen LogP contribution is -2.42. The van der Waals surface area contributed by atoms with Gasteiger partial charge in [0.2, 0.25) is 0 Å². The van der Waals surface area contributed by atoms with Crippen LogP contribution >= 0.6 is 0 Å². The van der Waals surface area contributed by atoms with Gasteiger partial charge in [0.05, 0.1) is 18.4 Å². The quantitative estimate of drug-likeness (QED) is 0.702. The number of hydrogen-bond donors (Lipinski definition) is 1. The highest BCUT2D eigenvalue weighted by molar-refractivity contribution is 4.97. The Kier molecular flexibility index (Phi) is 6.10. The van der Waals surface area contributed by atoms with Gasteiger partial charge in [-0.05, 0) is 69.5 Å². The van der Waals surface area contributed by atoms with Crippen molar-refractivity contribution in [3.05, 3.63) is 24.2 Å². The SMILES string of the molecule is CC(C)CC[C@@]1(CCNCc2ccco2)CCOC(C)(C)C1. The molecule has 1 aliphatic heterocycles. The maximum atomic E-state index is 5.96. The number of nitrogens with one attached hydrogen (secondary N) is 1. The van der Waals surface area contributed by atoms with Gasteiger partial charge >= 0.3 is 0 Å². The van der Waals surface area contributed by atoms with Crippen LogP contribution in [-0.2, 0) is 11.3 Å². The average Bonchev–Trinajstić information content (AvgIpc) is 2.94. The maximum absolute atomic E-state index is 5.96. The van der Waals surface area contributed by atoms with Gasteiger partial charge in [-0.25, -0.2) is 0 Å². The second-order valence-electron chi connectivity index (χ2n) is 7.97. The molecule has 1 aliphatic rings. The summed E-state index contributed by atoms with van der Waals surface area (Å²) in [5.41, 5.74) is 0.457. The van der Waals surface area contributed by atoms with Crippen LogP contribution in [0.25, 0.3) is 0 Å². The van der Waals surface area contributed by atoms with Gasteiger partial charge in [-0.2, -0.15) is 0 Å². The number of furan rings is 1. The first kappa shape index (κ1) is 17.6. The fraction of sp³-hybridized carbons (Fsp3) is 0.789. The van der Waals surface area contributed by atoms with E-state index in [2.05, 4.69) is 33.0 Å². The van der Waals surface area contributed by atoms with E-state index in [4.69, 9.17) is 9.15 Å². The smallest absolute Gasteiger partial charge is 0.117 e. The van der Waals surface area contributed by atoms with E-state index in [-0.39, 0.29) is 5.60 Å². The van der Waals surface area contributed by atoms with Crippen molar-refractivity contribution < 1.29 is 9.15 Å². The molecule has 0 aliphatic carbocycles. The molecule has 0 amide bonds. The summed E-state index contributed by atoms with van der Waals surface area (Å²) in [5.74, 6) is 1.79. The predicted octanol–water partition coefficient (Wildman–Crippen LogP) is 4.77. The Morgan fingerprint density at radius 1 is 1.27 bits per heavy atom. The minimum atomic E-state index is 0.0240. The van der Waals surface area contributed by atoms with Crippen molar-refractivity contribution in [2.45, 2.75) is 71.9 Å². The Morgan fingerprint density at radius 3 is 2.73 bits per heavy atom. The normalized spacial score (nSPS) is 24.8. The summed E-state index contributed by atoms with van der Waals surface area (Å²) in [4.78, 5) is 0. The van der Waals surface area contributed by atoms with Gasteiger partial charge < -0.3 is 14.5 Å². The maximum Gasteiger partial charge on any atom is 0.117 e. The van der Waals surface area contributed by atoms with Crippen molar-refractivity contribution in [3.8, 4) is 0 Å². The van der Waals surface area contributed by atoms with E-state index >= 15 is 0 Å². The highest BCUT2D eigenvalue weighted by atomic mass is 16.5. The summed E-state index contributed by atoms with van der Waals surface area (Å²) in [5, 5.41) is 3.54. The molecule has 0 spiro atoms. The molecule has 3 nitrogen and oxygen atoms in total. The molecule has 1 N–H and O–H groups in total. The summed E-state index contributed by atoms with van der Waals surface area (Å²) in [6.45, 7) is 11.9. The summed E-state index contributed by atoms with van der Waals surface area (Å²) >= 11 is 0. The van der Waals surface area contributed by atoms with Crippen LogP contribution in [0.2, 0.25) is 0 Å². The third-order valence-corrected chi connectivity index (χ3v) is 4.89. The Morgan fingerprint density at radius 2 is 2.09 bits per heavy atom. The highest BCUT2D eigenvalue weighted by Gasteiger charge is 2.40. The Labute approximate surface area is 135 Å². The first-order chi connectivity index (χ1) is 10.4. The number of ether oxygens (including phenoxy) is 1. The van der Waals surface area contributed by atoms with Crippen LogP contribution in [0.1, 0.15) is 65.6 Å². The van der Waals surface area contributed by atoms with Crippen LogP contribution in [0.4, 0.5) is 0 Å². The molecule has 1 saturated heterocycles. The predicted molar refractivity (Wildman–Crippen MR) is 90.8 cm³/mol. The van der Waals surface area contributed by atoms with Crippen molar-refractivity contribution in [1.82, 2.24) is 5.32 Å². The Balaban J connectivity index is 1.86. The monoisotopic (exact) mass is 307 g/mol. The van der Waals surface area contributed by atoms with Crippen LogP contribution in [0.5, 0.6) is 0 Å². The molecule has 2 rings (SSSR count). The lowest BCUT2D eigenvalue weighted by Gasteiger charge is -2.45. The molecule has 1 aromatic heterocycles. The van der Waals surface area contributed by atoms with Crippen molar-refractivity contribution in [2.24, 2.45) is 11.3 Å². The number of hydrogen-bond acceptors (Lipinski definition) is 3. The van der Waals surface area contributed by atoms with Crippen molar-refractivity contribution >= 4 is 0 Å². The van der Waals surface area contributed by atoms with Crippen LogP contribution < -0.4 is 5.32 Å². The fourth-order valence-corrected chi connectivity index (χ4v) is 3.71. The summed E-state index contributed by atoms with van der Waals surface area (Å²) in [6.07, 6.45) is 7.98. The molecule has 3 heteroatoms. The van der Waals surface area contributed by atoms with Crippen LogP contribution in [0.3, 0.4) is 0 Å². The van der Waals surface area contributed by atoms with Gasteiger partial charge in [-0.1, -0.05) is 20.3 Å². The van der Waals surface area contributed by atoms with E-state index in [9.17, 15) is 0 Å². The highest BCUT2D eigenvalue weighted by Crippen LogP contribution is 2.45. The molecule has 22 heavy (non-hydrogen) atoms. The number of rotatable bonds is 8. The van der Waals surface area contributed by atoms with E-state index in [0.29, 0.717) is 5.41 Å². The van der Waals surface area contributed by atoms with E-state index < -0.39 is 0 Å². The van der Waals surface area contributed by atoms with E-state index in [1.165, 1.54) is 32.1 Å². The lowest BCUT2D eigenvalue weighted by molar-refractivity contribution is -0.110. The molecule has 0 radical (unpaired) electrons. The third-order valence-electron chi connectivity index (χ3n) is 4.89. The van der Waals surface area contributed by atoms with Crippen LogP contribution in [0, 0.1) is 11.3 Å². The zero-order valence-corrected chi connectivity index (χ0v) is 14.8. The molecular formula is C19H33NO2. The zero-order chi connectivity index (χ0) is 16.1. The molecule has 0 bridgehead atoms. The first-order valence-electron chi connectivity index (χ1n) is 8.78. The second kappa shape index (κ2) is 7.65. The van der Waals surface area contributed by atoms with E-state index in [0.717, 1.165) is 31.4 Å². The minimum Gasteiger partial charge on any atom is -0.468 e. The fourth-order valence-electron chi connectivity index (χ4n) is 3.71. The molecule has 0 unspecified atom stereocenters. The third kappa shape index (κ3) is 5.44. The molecule has 1 atom stereocenters. The van der Waals surface area contributed by atoms with Crippen LogP contribution in [-0.4, -0.2) is 18.8 Å². The molecule has 126 valence electrons. The topological polar surface area (TPSA) is 34.4 Å². The van der Waals surface area contributed by atoms with Crippen molar-refractivity contribution in [1.29, 1.82) is 0 Å². The average molecular weight is 307 g/mol. The Hall–Kier alpha value is -0.800. The molecule has 1 aromatic rings. The zero-order valence-electron chi connectivity index (χ0n) is 14.8. The van der Waals surface area contributed by atoms with E-state index in [1.807, 2.05) is 12.1 Å². The minimum absolute atomic E-state index is 0.0240. The van der Waals surface area contributed by atoms with Gasteiger partial charge in [0.15, 0.2) is 0 Å². The molecule has 2 heterocycles. The lowest BCUT2D eigenvalue weighted by atomic mass is 9.68. The van der Waals surface area contributed by atoms with Gasteiger partial charge in [0.25, 0.3) is 0 Å². The molecule has 0 saturated carbocycles. The van der Waals surface area contributed by atoms with Gasteiger partial charge in [0, 0.05) is 6.61 Å². The summed E-state index contributed by atoms with van der Waals surface area (Å²) in [6, 6.07) is 3.97. The Bertz CT molecular complexity index is 425. The van der Waals surface area contributed by atoms with Crippen molar-refractivity contribution in [3.63, 3.8) is 0 Å². The molecular weight excluding hydrogens is 274 g/mol. The summed E-state index contributed by atoms with van der Waals surface area (Å²) < 4.78 is 11.3. The van der Waals surface area contributed by atoms with Crippen molar-refractivity contribution in [2.75, 3.05) is 13.2 Å². The molecule has 1 fully saturated rings. The summed E-state index contributed by atoms with van der Waals surface area (Å²) in [7, 11) is 0. The largest absolute Gasteiger partial charge is 0.468 e. The first-order valence-corrected chi connectivity index (χ1v) is 8.78. The van der Waals surface area contributed by atoms with Crippen LogP contribution in [0.15, 0.2) is 22.8 Å².